The first-order valence-electron chi connectivity index (χ1n) is 12.3. The summed E-state index contributed by atoms with van der Waals surface area (Å²) >= 11 is 10.3. The Bertz CT molecular complexity index is 1530. The summed E-state index contributed by atoms with van der Waals surface area (Å²) in [7, 11) is 1.50. The summed E-state index contributed by atoms with van der Waals surface area (Å²) in [5.41, 5.74) is 1.91. The number of thioether (sulfide) groups is 1. The summed E-state index contributed by atoms with van der Waals surface area (Å²) in [5.74, 6) is -0.950. The molecule has 0 bridgehead atoms. The van der Waals surface area contributed by atoms with Gasteiger partial charge in [-0.2, -0.15) is 0 Å². The van der Waals surface area contributed by atoms with E-state index in [-0.39, 0.29) is 27.8 Å². The largest absolute Gasteiger partial charge is 0.493 e. The lowest BCUT2D eigenvalue weighted by Crippen LogP contribution is -2.36. The van der Waals surface area contributed by atoms with Crippen molar-refractivity contribution in [2.75, 3.05) is 25.6 Å². The Morgan fingerprint density at radius 2 is 1.85 bits per heavy atom. The number of hydrogen-bond donors (Lipinski definition) is 1. The lowest BCUT2D eigenvalue weighted by Gasteiger charge is -2.14. The minimum absolute atomic E-state index is 0.0819. The van der Waals surface area contributed by atoms with Crippen molar-refractivity contribution in [1.82, 2.24) is 4.90 Å². The molecule has 1 fully saturated rings. The van der Waals surface area contributed by atoms with Crippen LogP contribution in [0.4, 0.5) is 10.5 Å². The van der Waals surface area contributed by atoms with E-state index in [9.17, 15) is 19.2 Å². The van der Waals surface area contributed by atoms with Crippen LogP contribution in [-0.2, 0) is 20.9 Å². The number of hydrogen-bond acceptors (Lipinski definition) is 8. The van der Waals surface area contributed by atoms with Gasteiger partial charge in [-0.25, -0.2) is 4.79 Å². The Morgan fingerprint density at radius 1 is 1.10 bits per heavy atom. The molecule has 0 saturated carbocycles. The molecule has 4 rings (SSSR count). The molecule has 41 heavy (non-hydrogen) atoms. The average Bonchev–Trinajstić information content (AvgIpc) is 3.20. The maximum absolute atomic E-state index is 13.0. The highest BCUT2D eigenvalue weighted by atomic mass is 79.9. The number of methoxy groups -OCH3 is 1. The molecule has 1 aliphatic heterocycles. The van der Waals surface area contributed by atoms with Crippen molar-refractivity contribution in [3.63, 3.8) is 0 Å². The number of carbonyl (C=O) groups excluding carboxylic acids is 4. The second-order valence-electron chi connectivity index (χ2n) is 8.54. The van der Waals surface area contributed by atoms with E-state index in [1.54, 1.807) is 25.1 Å². The average molecular weight is 660 g/mol. The molecule has 0 unspecified atom stereocenters. The number of nitrogens with zero attached hydrogens (tertiary/aromatic N) is 1. The van der Waals surface area contributed by atoms with Crippen molar-refractivity contribution < 1.29 is 33.4 Å². The molecule has 9 nitrogen and oxygen atoms in total. The smallest absolute Gasteiger partial charge is 0.339 e. The minimum atomic E-state index is -0.635. The molecule has 0 spiro atoms. The van der Waals surface area contributed by atoms with Gasteiger partial charge >= 0.3 is 5.97 Å². The van der Waals surface area contributed by atoms with E-state index in [0.29, 0.717) is 28.1 Å². The van der Waals surface area contributed by atoms with Crippen LogP contribution in [0.3, 0.4) is 0 Å². The third kappa shape index (κ3) is 7.49. The molecular weight excluding hydrogens is 636 g/mol. The van der Waals surface area contributed by atoms with Crippen LogP contribution in [0.5, 0.6) is 11.5 Å². The molecule has 212 valence electrons. The minimum Gasteiger partial charge on any atom is -0.493 e. The maximum atomic E-state index is 13.0. The second-order valence-corrected chi connectivity index (χ2v) is 10.8. The van der Waals surface area contributed by atoms with Crippen molar-refractivity contribution in [3.8, 4) is 11.5 Å². The van der Waals surface area contributed by atoms with E-state index in [2.05, 4.69) is 21.2 Å². The van der Waals surface area contributed by atoms with E-state index in [4.69, 9.17) is 25.8 Å². The summed E-state index contributed by atoms with van der Waals surface area (Å²) < 4.78 is 17.0. The summed E-state index contributed by atoms with van der Waals surface area (Å²) in [6.45, 7) is 1.64. The van der Waals surface area contributed by atoms with Crippen LogP contribution in [0.15, 0.2) is 70.0 Å². The number of halogens is 2. The molecule has 1 saturated heterocycles. The predicted octanol–water partition coefficient (Wildman–Crippen LogP) is 6.54. The summed E-state index contributed by atoms with van der Waals surface area (Å²) in [5, 5.41) is 2.15. The van der Waals surface area contributed by atoms with Gasteiger partial charge in [0, 0.05) is 5.69 Å². The number of carbonyl (C=O) groups is 4. The normalized spacial score (nSPS) is 13.9. The Hall–Kier alpha value is -3.80. The summed E-state index contributed by atoms with van der Waals surface area (Å²) in [4.78, 5) is 51.4. The van der Waals surface area contributed by atoms with Crippen molar-refractivity contribution >= 4 is 74.1 Å². The van der Waals surface area contributed by atoms with Crippen LogP contribution < -0.4 is 14.8 Å². The Balaban J connectivity index is 1.45. The molecule has 1 N–H and O–H groups in total. The third-order valence-electron chi connectivity index (χ3n) is 5.70. The first kappa shape index (κ1) is 30.2. The number of rotatable bonds is 10. The maximum Gasteiger partial charge on any atom is 0.339 e. The Kier molecular flexibility index (Phi) is 10.1. The Morgan fingerprint density at radius 3 is 2.56 bits per heavy atom. The van der Waals surface area contributed by atoms with Crippen molar-refractivity contribution in [2.45, 2.75) is 13.5 Å². The first-order valence-corrected chi connectivity index (χ1v) is 14.2. The van der Waals surface area contributed by atoms with Gasteiger partial charge in [0.15, 0.2) is 11.5 Å². The quantitative estimate of drug-likeness (QED) is 0.193. The molecule has 3 aromatic carbocycles. The van der Waals surface area contributed by atoms with Crippen LogP contribution in [0.1, 0.15) is 28.4 Å². The number of imide groups is 1. The number of nitrogens with one attached hydrogen (secondary N) is 1. The third-order valence-corrected chi connectivity index (χ3v) is 7.52. The van der Waals surface area contributed by atoms with Crippen molar-refractivity contribution in [1.29, 1.82) is 0 Å². The fraction of sp³-hybridized carbons (Fsp3) is 0.172. The van der Waals surface area contributed by atoms with Crippen molar-refractivity contribution in [3.05, 3.63) is 91.8 Å². The van der Waals surface area contributed by atoms with Crippen LogP contribution in [0, 0.1) is 0 Å². The van der Waals surface area contributed by atoms with Crippen LogP contribution in [0.2, 0.25) is 5.02 Å². The number of esters is 1. The van der Waals surface area contributed by atoms with E-state index < -0.39 is 29.6 Å². The molecule has 0 aromatic heterocycles. The highest BCUT2D eigenvalue weighted by molar-refractivity contribution is 9.10. The number of benzene rings is 3. The Labute approximate surface area is 253 Å². The predicted molar refractivity (Wildman–Crippen MR) is 160 cm³/mol. The highest BCUT2D eigenvalue weighted by Crippen LogP contribution is 2.39. The molecule has 1 heterocycles. The summed E-state index contributed by atoms with van der Waals surface area (Å²) in [6.07, 6.45) is 1.54. The fourth-order valence-corrected chi connectivity index (χ4v) is 5.40. The molecule has 0 radical (unpaired) electrons. The van der Waals surface area contributed by atoms with Gasteiger partial charge in [0.25, 0.3) is 11.1 Å². The standard InChI is InChI=1S/C29H24BrClN2O7S/c1-3-39-28(36)20-14-19(9-10-22(20)31)32-25(34)15-33-27(35)24(41-29(33)37)13-18-11-21(30)26(23(12-18)38-2)40-16-17-7-5-4-6-8-17/h4-14H,3,15-16H2,1-2H3,(H,32,34)/b24-13+. The zero-order valence-electron chi connectivity index (χ0n) is 21.9. The summed E-state index contributed by atoms with van der Waals surface area (Å²) in [6, 6.07) is 17.4. The molecule has 0 aliphatic carbocycles. The molecule has 3 aromatic rings. The van der Waals surface area contributed by atoms with Gasteiger partial charge < -0.3 is 19.5 Å². The zero-order valence-corrected chi connectivity index (χ0v) is 25.1. The molecule has 0 atom stereocenters. The van der Waals surface area contributed by atoms with E-state index in [1.807, 2.05) is 30.3 Å². The topological polar surface area (TPSA) is 111 Å². The van der Waals surface area contributed by atoms with Gasteiger partial charge in [-0.3, -0.25) is 19.3 Å². The lowest BCUT2D eigenvalue weighted by molar-refractivity contribution is -0.127. The zero-order chi connectivity index (χ0) is 29.5. The van der Waals surface area contributed by atoms with E-state index in [1.165, 1.54) is 25.3 Å². The first-order chi connectivity index (χ1) is 19.7. The van der Waals surface area contributed by atoms with Crippen molar-refractivity contribution in [2.24, 2.45) is 0 Å². The van der Waals surface area contributed by atoms with Gasteiger partial charge in [-0.05, 0) is 82.2 Å². The van der Waals surface area contributed by atoms with Gasteiger partial charge in [0.2, 0.25) is 5.91 Å². The number of amides is 3. The molecule has 1 aliphatic rings. The SMILES string of the molecule is CCOC(=O)c1cc(NC(=O)CN2C(=O)S/C(=C/c3cc(Br)c(OCc4ccccc4)c(OC)c3)C2=O)ccc1Cl. The van der Waals surface area contributed by atoms with E-state index >= 15 is 0 Å². The number of anilines is 1. The lowest BCUT2D eigenvalue weighted by atomic mass is 10.1. The molecule has 3 amide bonds. The molecule has 12 heteroatoms. The van der Waals surface area contributed by atoms with Crippen LogP contribution in [0.25, 0.3) is 6.08 Å². The van der Waals surface area contributed by atoms with Gasteiger partial charge in [0.05, 0.1) is 33.7 Å². The molecular formula is C29H24BrClN2O7S. The van der Waals surface area contributed by atoms with Gasteiger partial charge in [0.1, 0.15) is 13.2 Å². The fourth-order valence-electron chi connectivity index (χ4n) is 3.79. The van der Waals surface area contributed by atoms with Crippen LogP contribution >= 0.6 is 39.3 Å². The second kappa shape index (κ2) is 13.7. The van der Waals surface area contributed by atoms with Gasteiger partial charge in [-0.15, -0.1) is 0 Å². The van der Waals surface area contributed by atoms with E-state index in [0.717, 1.165) is 22.2 Å². The monoisotopic (exact) mass is 658 g/mol. The highest BCUT2D eigenvalue weighted by Gasteiger charge is 2.36. The van der Waals surface area contributed by atoms with Gasteiger partial charge in [-0.1, -0.05) is 41.9 Å². The van der Waals surface area contributed by atoms with Crippen LogP contribution in [-0.4, -0.2) is 48.2 Å². The number of ether oxygens (including phenoxy) is 3.